The molecule has 4 nitrogen and oxygen atoms in total. The number of aromatic amines is 1. The van der Waals surface area contributed by atoms with Crippen molar-refractivity contribution in [1.82, 2.24) is 9.97 Å². The summed E-state index contributed by atoms with van der Waals surface area (Å²) in [6, 6.07) is 3.40. The van der Waals surface area contributed by atoms with E-state index in [1.807, 2.05) is 0 Å². The minimum atomic E-state index is 0.117. The van der Waals surface area contributed by atoms with Crippen LogP contribution in [0.3, 0.4) is 0 Å². The summed E-state index contributed by atoms with van der Waals surface area (Å²) in [6.45, 7) is 4.12. The zero-order valence-corrected chi connectivity index (χ0v) is 9.03. The standard InChI is InChI=1S/C11H14N2O2/c1-6(2)11-12-7-4-5-8(14)10(15-3)9(7)13-11/h4-6,14H,1-3H3,(H,12,13). The van der Waals surface area contributed by atoms with Gasteiger partial charge in [0.25, 0.3) is 0 Å². The number of methoxy groups -OCH3 is 1. The van der Waals surface area contributed by atoms with Gasteiger partial charge >= 0.3 is 0 Å². The number of aromatic hydroxyl groups is 1. The number of aromatic nitrogens is 2. The van der Waals surface area contributed by atoms with Crippen molar-refractivity contribution < 1.29 is 9.84 Å². The summed E-state index contributed by atoms with van der Waals surface area (Å²) in [5.41, 5.74) is 1.56. The van der Waals surface area contributed by atoms with Crippen molar-refractivity contribution in [1.29, 1.82) is 0 Å². The fourth-order valence-electron chi connectivity index (χ4n) is 1.53. The van der Waals surface area contributed by atoms with E-state index in [0.29, 0.717) is 17.2 Å². The third-order valence-electron chi connectivity index (χ3n) is 2.36. The number of rotatable bonds is 2. The van der Waals surface area contributed by atoms with Gasteiger partial charge < -0.3 is 14.8 Å². The van der Waals surface area contributed by atoms with Crippen molar-refractivity contribution in [3.63, 3.8) is 0 Å². The summed E-state index contributed by atoms with van der Waals surface area (Å²) in [6.07, 6.45) is 0. The smallest absolute Gasteiger partial charge is 0.188 e. The van der Waals surface area contributed by atoms with E-state index in [2.05, 4.69) is 23.8 Å². The third kappa shape index (κ3) is 1.52. The van der Waals surface area contributed by atoms with Crippen molar-refractivity contribution in [2.24, 2.45) is 0 Å². The van der Waals surface area contributed by atoms with Gasteiger partial charge in [0.1, 0.15) is 11.3 Å². The average Bonchev–Trinajstić information content (AvgIpc) is 2.61. The number of hydrogen-bond donors (Lipinski definition) is 2. The highest BCUT2D eigenvalue weighted by molar-refractivity contribution is 5.84. The molecule has 0 bridgehead atoms. The Kier molecular flexibility index (Phi) is 2.26. The summed E-state index contributed by atoms with van der Waals surface area (Å²) in [4.78, 5) is 7.60. The van der Waals surface area contributed by atoms with E-state index in [0.717, 1.165) is 11.3 Å². The Hall–Kier alpha value is -1.71. The van der Waals surface area contributed by atoms with Crippen LogP contribution >= 0.6 is 0 Å². The minimum Gasteiger partial charge on any atom is -0.504 e. The number of H-pyrrole nitrogens is 1. The topological polar surface area (TPSA) is 58.1 Å². The van der Waals surface area contributed by atoms with E-state index in [1.54, 1.807) is 12.1 Å². The predicted octanol–water partition coefficient (Wildman–Crippen LogP) is 2.40. The Morgan fingerprint density at radius 2 is 2.13 bits per heavy atom. The normalized spacial score (nSPS) is 11.2. The van der Waals surface area contributed by atoms with Crippen LogP contribution in [0.5, 0.6) is 11.5 Å². The van der Waals surface area contributed by atoms with Gasteiger partial charge in [-0.05, 0) is 12.1 Å². The summed E-state index contributed by atoms with van der Waals surface area (Å²) >= 11 is 0. The lowest BCUT2D eigenvalue weighted by Gasteiger charge is -2.02. The van der Waals surface area contributed by atoms with Crippen molar-refractivity contribution in [2.75, 3.05) is 7.11 Å². The van der Waals surface area contributed by atoms with Crippen LogP contribution in [0.25, 0.3) is 11.0 Å². The number of fused-ring (bicyclic) bond motifs is 1. The summed E-state index contributed by atoms with van der Waals surface area (Å²) in [5.74, 6) is 1.76. The lowest BCUT2D eigenvalue weighted by atomic mass is 10.2. The second-order valence-electron chi connectivity index (χ2n) is 3.79. The van der Waals surface area contributed by atoms with Gasteiger partial charge in [0.05, 0.1) is 12.6 Å². The predicted molar refractivity (Wildman–Crippen MR) is 58.4 cm³/mol. The first-order valence-electron chi connectivity index (χ1n) is 4.89. The summed E-state index contributed by atoms with van der Waals surface area (Å²) in [5, 5.41) is 9.58. The van der Waals surface area contributed by atoms with Gasteiger partial charge in [-0.25, -0.2) is 4.98 Å². The maximum atomic E-state index is 9.58. The number of benzene rings is 1. The van der Waals surface area contributed by atoms with Gasteiger partial charge in [-0.1, -0.05) is 13.8 Å². The van der Waals surface area contributed by atoms with Crippen LogP contribution in [0.2, 0.25) is 0 Å². The molecule has 15 heavy (non-hydrogen) atoms. The van der Waals surface area contributed by atoms with E-state index in [-0.39, 0.29) is 5.75 Å². The monoisotopic (exact) mass is 206 g/mol. The van der Waals surface area contributed by atoms with Crippen molar-refractivity contribution in [3.8, 4) is 11.5 Å². The van der Waals surface area contributed by atoms with Gasteiger partial charge in [-0.3, -0.25) is 0 Å². The quantitative estimate of drug-likeness (QED) is 0.793. The number of phenols is 1. The molecule has 0 spiro atoms. The molecule has 0 radical (unpaired) electrons. The SMILES string of the molecule is COc1c(O)ccc2[nH]c(C(C)C)nc12. The molecule has 2 N–H and O–H groups in total. The van der Waals surface area contributed by atoms with E-state index in [4.69, 9.17) is 4.74 Å². The van der Waals surface area contributed by atoms with Crippen LogP contribution < -0.4 is 4.74 Å². The Balaban J connectivity index is 2.70. The van der Waals surface area contributed by atoms with E-state index < -0.39 is 0 Å². The van der Waals surface area contributed by atoms with Crippen LogP contribution in [-0.2, 0) is 0 Å². The molecule has 0 atom stereocenters. The highest BCUT2D eigenvalue weighted by Gasteiger charge is 2.13. The Morgan fingerprint density at radius 1 is 1.40 bits per heavy atom. The minimum absolute atomic E-state index is 0.117. The highest BCUT2D eigenvalue weighted by atomic mass is 16.5. The van der Waals surface area contributed by atoms with Crippen LogP contribution in [0.4, 0.5) is 0 Å². The molecule has 1 aromatic carbocycles. The molecule has 2 aromatic rings. The van der Waals surface area contributed by atoms with Gasteiger partial charge in [0.2, 0.25) is 0 Å². The van der Waals surface area contributed by atoms with E-state index in [1.165, 1.54) is 7.11 Å². The molecule has 80 valence electrons. The zero-order chi connectivity index (χ0) is 11.0. The molecule has 0 unspecified atom stereocenters. The number of nitrogens with one attached hydrogen (secondary N) is 1. The van der Waals surface area contributed by atoms with Crippen LogP contribution in [0.15, 0.2) is 12.1 Å². The Bertz CT molecular complexity index is 489. The fourth-order valence-corrected chi connectivity index (χ4v) is 1.53. The molecule has 4 heteroatoms. The Labute approximate surface area is 87.9 Å². The molecular weight excluding hydrogens is 192 g/mol. The van der Waals surface area contributed by atoms with Crippen molar-refractivity contribution in [3.05, 3.63) is 18.0 Å². The maximum Gasteiger partial charge on any atom is 0.188 e. The van der Waals surface area contributed by atoms with Crippen LogP contribution in [-0.4, -0.2) is 22.2 Å². The number of ether oxygens (including phenoxy) is 1. The molecular formula is C11H14N2O2. The molecule has 0 saturated heterocycles. The Morgan fingerprint density at radius 3 is 2.73 bits per heavy atom. The molecule has 0 saturated carbocycles. The number of phenolic OH excluding ortho intramolecular Hbond substituents is 1. The van der Waals surface area contributed by atoms with Crippen molar-refractivity contribution in [2.45, 2.75) is 19.8 Å². The highest BCUT2D eigenvalue weighted by Crippen LogP contribution is 2.33. The number of hydrogen-bond acceptors (Lipinski definition) is 3. The first kappa shape index (κ1) is 9.83. The molecule has 1 aromatic heterocycles. The second-order valence-corrected chi connectivity index (χ2v) is 3.79. The third-order valence-corrected chi connectivity index (χ3v) is 2.36. The lowest BCUT2D eigenvalue weighted by molar-refractivity contribution is 0.377. The zero-order valence-electron chi connectivity index (χ0n) is 9.03. The lowest BCUT2D eigenvalue weighted by Crippen LogP contribution is -1.89. The number of imidazole rings is 1. The first-order chi connectivity index (χ1) is 7.13. The van der Waals surface area contributed by atoms with Gasteiger partial charge in [-0.2, -0.15) is 0 Å². The molecule has 0 amide bonds. The van der Waals surface area contributed by atoms with E-state index in [9.17, 15) is 5.11 Å². The second kappa shape index (κ2) is 3.46. The maximum absolute atomic E-state index is 9.58. The van der Waals surface area contributed by atoms with Gasteiger partial charge in [0.15, 0.2) is 11.5 Å². The van der Waals surface area contributed by atoms with Crippen molar-refractivity contribution >= 4 is 11.0 Å². The molecule has 0 aliphatic rings. The molecule has 1 heterocycles. The largest absolute Gasteiger partial charge is 0.504 e. The fraction of sp³-hybridized carbons (Fsp3) is 0.364. The van der Waals surface area contributed by atoms with Gasteiger partial charge in [0, 0.05) is 5.92 Å². The number of nitrogens with zero attached hydrogens (tertiary/aromatic N) is 1. The van der Waals surface area contributed by atoms with Gasteiger partial charge in [-0.15, -0.1) is 0 Å². The van der Waals surface area contributed by atoms with Crippen LogP contribution in [0.1, 0.15) is 25.6 Å². The first-order valence-corrected chi connectivity index (χ1v) is 4.89. The van der Waals surface area contributed by atoms with E-state index >= 15 is 0 Å². The molecule has 0 aliphatic heterocycles. The molecule has 0 fully saturated rings. The summed E-state index contributed by atoms with van der Waals surface area (Å²) < 4.78 is 5.12. The average molecular weight is 206 g/mol. The molecule has 0 aliphatic carbocycles. The van der Waals surface area contributed by atoms with Crippen LogP contribution in [0, 0.1) is 0 Å². The summed E-state index contributed by atoms with van der Waals surface area (Å²) in [7, 11) is 1.53. The molecule has 2 rings (SSSR count).